The third-order valence-electron chi connectivity index (χ3n) is 3.09. The van der Waals surface area contributed by atoms with Crippen molar-refractivity contribution in [2.45, 2.75) is 20.4 Å². The molecule has 0 fully saturated rings. The third kappa shape index (κ3) is 4.57. The lowest BCUT2D eigenvalue weighted by molar-refractivity contribution is 0.251. The number of rotatable bonds is 5. The predicted octanol–water partition coefficient (Wildman–Crippen LogP) is 2.43. The molecule has 2 rings (SSSR count). The number of ether oxygens (including phenoxy) is 2. The molecule has 2 amide bonds. The summed E-state index contributed by atoms with van der Waals surface area (Å²) in [6, 6.07) is 6.67. The van der Waals surface area contributed by atoms with Crippen LogP contribution < -0.4 is 20.1 Å². The number of methoxy groups -OCH3 is 2. The predicted molar refractivity (Wildman–Crippen MR) is 86.9 cm³/mol. The monoisotopic (exact) mass is 316 g/mol. The molecule has 1 heterocycles. The number of amides is 2. The van der Waals surface area contributed by atoms with Crippen molar-refractivity contribution in [3.63, 3.8) is 0 Å². The standard InChI is InChI=1S/C16H20N4O3/c1-10-7-11(2)19-15(18-10)9-17-16(21)20-13-8-12(22-3)5-6-14(13)23-4/h5-8H,9H2,1-4H3,(H2,17,20,21). The number of nitrogens with zero attached hydrogens (tertiary/aromatic N) is 2. The molecule has 0 aliphatic heterocycles. The Bertz CT molecular complexity index is 683. The van der Waals surface area contributed by atoms with Gasteiger partial charge in [0.15, 0.2) is 0 Å². The van der Waals surface area contributed by atoms with Gasteiger partial charge in [0.05, 0.1) is 26.5 Å². The molecule has 0 aliphatic carbocycles. The first kappa shape index (κ1) is 16.5. The smallest absolute Gasteiger partial charge is 0.319 e. The quantitative estimate of drug-likeness (QED) is 0.885. The van der Waals surface area contributed by atoms with Crippen LogP contribution in [0.15, 0.2) is 24.3 Å². The molecule has 0 saturated heterocycles. The van der Waals surface area contributed by atoms with Gasteiger partial charge in [-0.2, -0.15) is 0 Å². The molecule has 0 saturated carbocycles. The number of carbonyl (C=O) groups is 1. The molecule has 0 aliphatic rings. The Morgan fingerprint density at radius 3 is 2.39 bits per heavy atom. The zero-order valence-corrected chi connectivity index (χ0v) is 13.6. The van der Waals surface area contributed by atoms with Gasteiger partial charge in [-0.05, 0) is 32.0 Å². The normalized spacial score (nSPS) is 10.1. The highest BCUT2D eigenvalue weighted by atomic mass is 16.5. The molecule has 0 atom stereocenters. The minimum atomic E-state index is -0.376. The molecule has 0 bridgehead atoms. The largest absolute Gasteiger partial charge is 0.497 e. The van der Waals surface area contributed by atoms with Crippen molar-refractivity contribution in [2.24, 2.45) is 0 Å². The molecule has 7 heteroatoms. The molecular weight excluding hydrogens is 296 g/mol. The number of urea groups is 1. The van der Waals surface area contributed by atoms with Gasteiger partial charge in [0, 0.05) is 17.5 Å². The first-order valence-electron chi connectivity index (χ1n) is 7.10. The Balaban J connectivity index is 2.02. The summed E-state index contributed by atoms with van der Waals surface area (Å²) < 4.78 is 10.4. The molecule has 7 nitrogen and oxygen atoms in total. The van der Waals surface area contributed by atoms with E-state index in [0.717, 1.165) is 11.4 Å². The fourth-order valence-corrected chi connectivity index (χ4v) is 2.12. The van der Waals surface area contributed by atoms with Gasteiger partial charge in [-0.3, -0.25) is 0 Å². The van der Waals surface area contributed by atoms with Crippen molar-refractivity contribution in [3.05, 3.63) is 41.5 Å². The second kappa shape index (κ2) is 7.44. The first-order chi connectivity index (χ1) is 11.0. The van der Waals surface area contributed by atoms with Crippen molar-refractivity contribution in [1.29, 1.82) is 0 Å². The number of nitrogens with one attached hydrogen (secondary N) is 2. The lowest BCUT2D eigenvalue weighted by Crippen LogP contribution is -2.29. The summed E-state index contributed by atoms with van der Waals surface area (Å²) >= 11 is 0. The molecule has 0 radical (unpaired) electrons. The number of carbonyl (C=O) groups excluding carboxylic acids is 1. The maximum Gasteiger partial charge on any atom is 0.319 e. The van der Waals surface area contributed by atoms with Gasteiger partial charge < -0.3 is 20.1 Å². The zero-order chi connectivity index (χ0) is 16.8. The average molecular weight is 316 g/mol. The van der Waals surface area contributed by atoms with Gasteiger partial charge in [-0.15, -0.1) is 0 Å². The first-order valence-corrected chi connectivity index (χ1v) is 7.10. The highest BCUT2D eigenvalue weighted by molar-refractivity contribution is 5.91. The average Bonchev–Trinajstić information content (AvgIpc) is 2.52. The van der Waals surface area contributed by atoms with Crippen LogP contribution in [0.3, 0.4) is 0 Å². The lowest BCUT2D eigenvalue weighted by atomic mass is 10.2. The summed E-state index contributed by atoms with van der Waals surface area (Å²) in [6.07, 6.45) is 0. The third-order valence-corrected chi connectivity index (χ3v) is 3.09. The number of hydrogen-bond acceptors (Lipinski definition) is 5. The van der Waals surface area contributed by atoms with Crippen LogP contribution in [0.5, 0.6) is 11.5 Å². The second-order valence-corrected chi connectivity index (χ2v) is 4.94. The van der Waals surface area contributed by atoms with E-state index in [0.29, 0.717) is 23.0 Å². The zero-order valence-electron chi connectivity index (χ0n) is 13.6. The van der Waals surface area contributed by atoms with Crippen molar-refractivity contribution >= 4 is 11.7 Å². The summed E-state index contributed by atoms with van der Waals surface area (Å²) in [7, 11) is 3.09. The summed E-state index contributed by atoms with van der Waals surface area (Å²) in [6.45, 7) is 4.01. The maximum atomic E-state index is 12.0. The van der Waals surface area contributed by atoms with Crippen molar-refractivity contribution in [1.82, 2.24) is 15.3 Å². The molecule has 2 aromatic rings. The molecular formula is C16H20N4O3. The molecule has 2 N–H and O–H groups in total. The van der Waals surface area contributed by atoms with E-state index in [2.05, 4.69) is 20.6 Å². The molecule has 0 unspecified atom stereocenters. The minimum Gasteiger partial charge on any atom is -0.497 e. The number of benzene rings is 1. The van der Waals surface area contributed by atoms with Crippen LogP contribution >= 0.6 is 0 Å². The van der Waals surface area contributed by atoms with Gasteiger partial charge in [-0.25, -0.2) is 14.8 Å². The van der Waals surface area contributed by atoms with Gasteiger partial charge in [0.25, 0.3) is 0 Å². The second-order valence-electron chi connectivity index (χ2n) is 4.94. The van der Waals surface area contributed by atoms with Crippen LogP contribution in [-0.4, -0.2) is 30.2 Å². The maximum absolute atomic E-state index is 12.0. The Morgan fingerprint density at radius 2 is 1.78 bits per heavy atom. The molecule has 1 aromatic carbocycles. The van der Waals surface area contributed by atoms with E-state index in [1.54, 1.807) is 25.3 Å². The van der Waals surface area contributed by atoms with Gasteiger partial charge >= 0.3 is 6.03 Å². The summed E-state index contributed by atoms with van der Waals surface area (Å²) in [4.78, 5) is 20.6. The van der Waals surface area contributed by atoms with E-state index < -0.39 is 0 Å². The molecule has 0 spiro atoms. The summed E-state index contributed by atoms with van der Waals surface area (Å²) in [5, 5.41) is 5.44. The molecule has 1 aromatic heterocycles. The van der Waals surface area contributed by atoms with Crippen LogP contribution in [0.1, 0.15) is 17.2 Å². The van der Waals surface area contributed by atoms with Crippen LogP contribution in [0.2, 0.25) is 0 Å². The van der Waals surface area contributed by atoms with Crippen molar-refractivity contribution in [2.75, 3.05) is 19.5 Å². The van der Waals surface area contributed by atoms with Crippen molar-refractivity contribution in [3.8, 4) is 11.5 Å². The van der Waals surface area contributed by atoms with Crippen LogP contribution in [0, 0.1) is 13.8 Å². The number of aryl methyl sites for hydroxylation is 2. The van der Waals surface area contributed by atoms with Gasteiger partial charge in [0.2, 0.25) is 0 Å². The fraction of sp³-hybridized carbons (Fsp3) is 0.312. The van der Waals surface area contributed by atoms with E-state index in [4.69, 9.17) is 9.47 Å². The Kier molecular flexibility index (Phi) is 5.35. The molecule has 23 heavy (non-hydrogen) atoms. The summed E-state index contributed by atoms with van der Waals surface area (Å²) in [5.41, 5.74) is 2.25. The topological polar surface area (TPSA) is 85.4 Å². The number of aromatic nitrogens is 2. The fourth-order valence-electron chi connectivity index (χ4n) is 2.12. The van der Waals surface area contributed by atoms with Crippen molar-refractivity contribution < 1.29 is 14.3 Å². The Labute approximate surface area is 135 Å². The van der Waals surface area contributed by atoms with Crippen LogP contribution in [0.4, 0.5) is 10.5 Å². The Hall–Kier alpha value is -2.83. The van der Waals surface area contributed by atoms with Gasteiger partial charge in [0.1, 0.15) is 17.3 Å². The lowest BCUT2D eigenvalue weighted by Gasteiger charge is -2.12. The highest BCUT2D eigenvalue weighted by Crippen LogP contribution is 2.28. The van der Waals surface area contributed by atoms with Gasteiger partial charge in [-0.1, -0.05) is 0 Å². The highest BCUT2D eigenvalue weighted by Gasteiger charge is 2.09. The SMILES string of the molecule is COc1ccc(OC)c(NC(=O)NCc2nc(C)cc(C)n2)c1. The van der Waals surface area contributed by atoms with E-state index >= 15 is 0 Å². The van der Waals surface area contributed by atoms with E-state index in [-0.39, 0.29) is 12.6 Å². The number of anilines is 1. The minimum absolute atomic E-state index is 0.237. The van der Waals surface area contributed by atoms with Crippen LogP contribution in [-0.2, 0) is 6.54 Å². The summed E-state index contributed by atoms with van der Waals surface area (Å²) in [5.74, 6) is 1.73. The van der Waals surface area contributed by atoms with Crippen LogP contribution in [0.25, 0.3) is 0 Å². The Morgan fingerprint density at radius 1 is 1.09 bits per heavy atom. The van der Waals surface area contributed by atoms with E-state index in [1.807, 2.05) is 19.9 Å². The number of hydrogen-bond donors (Lipinski definition) is 2. The molecule has 122 valence electrons. The van der Waals surface area contributed by atoms with E-state index in [9.17, 15) is 4.79 Å². The van der Waals surface area contributed by atoms with E-state index in [1.165, 1.54) is 7.11 Å².